The third kappa shape index (κ3) is 5.15. The Labute approximate surface area is 187 Å². The highest BCUT2D eigenvalue weighted by Gasteiger charge is 2.20. The van der Waals surface area contributed by atoms with E-state index in [0.29, 0.717) is 23.3 Å². The first-order valence-electron chi connectivity index (χ1n) is 10.2. The zero-order valence-electron chi connectivity index (χ0n) is 17.7. The summed E-state index contributed by atoms with van der Waals surface area (Å²) < 4.78 is 5.50. The fourth-order valence-electron chi connectivity index (χ4n) is 3.65. The number of rotatable bonds is 6. The third-order valence-electron chi connectivity index (χ3n) is 5.31. The number of halogens is 1. The molecule has 0 saturated carbocycles. The number of ether oxygens (including phenoxy) is 1. The van der Waals surface area contributed by atoms with Crippen LogP contribution >= 0.6 is 11.6 Å². The molecular weight excluding hydrogens is 414 g/mol. The number of hydrogen-bond donors (Lipinski definition) is 2. The Morgan fingerprint density at radius 2 is 1.84 bits per heavy atom. The summed E-state index contributed by atoms with van der Waals surface area (Å²) in [6, 6.07) is 13.7. The van der Waals surface area contributed by atoms with Crippen LogP contribution in [0.5, 0.6) is 5.75 Å². The Bertz CT molecular complexity index is 1050. The molecule has 1 aliphatic heterocycles. The molecule has 0 spiro atoms. The van der Waals surface area contributed by atoms with Crippen molar-refractivity contribution in [1.29, 1.82) is 0 Å². The van der Waals surface area contributed by atoms with Crippen LogP contribution < -0.4 is 20.7 Å². The molecule has 1 saturated heterocycles. The largest absolute Gasteiger partial charge is 0.495 e. The first-order valence-corrected chi connectivity index (χ1v) is 10.5. The van der Waals surface area contributed by atoms with Crippen molar-refractivity contribution in [3.63, 3.8) is 0 Å². The topological polar surface area (TPSA) is 92.4 Å². The van der Waals surface area contributed by atoms with E-state index in [2.05, 4.69) is 36.1 Å². The van der Waals surface area contributed by atoms with Gasteiger partial charge in [-0.05, 0) is 36.8 Å². The number of aromatic nitrogens is 3. The van der Waals surface area contributed by atoms with Crippen LogP contribution in [0.3, 0.4) is 0 Å². The highest BCUT2D eigenvalue weighted by Crippen LogP contribution is 2.28. The van der Waals surface area contributed by atoms with E-state index in [1.807, 2.05) is 43.3 Å². The fourth-order valence-corrected chi connectivity index (χ4v) is 3.82. The molecular formula is C22H26ClN7O. The molecule has 3 aromatic rings. The average Bonchev–Trinajstić information content (AvgIpc) is 2.76. The van der Waals surface area contributed by atoms with Crippen molar-refractivity contribution in [3.05, 3.63) is 58.9 Å². The van der Waals surface area contributed by atoms with Gasteiger partial charge in [0.1, 0.15) is 11.6 Å². The number of piperazine rings is 1. The number of anilines is 4. The van der Waals surface area contributed by atoms with Crippen molar-refractivity contribution in [1.82, 2.24) is 19.9 Å². The van der Waals surface area contributed by atoms with Crippen LogP contribution in [0.4, 0.5) is 23.3 Å². The van der Waals surface area contributed by atoms with Crippen molar-refractivity contribution in [3.8, 4) is 5.75 Å². The SMILES string of the molecule is COc1ccccc1N1CCN(Cc2nc(N)nc(Nc3cc(Cl)ccc3C)n2)CC1. The van der Waals surface area contributed by atoms with E-state index in [9.17, 15) is 0 Å². The zero-order valence-corrected chi connectivity index (χ0v) is 18.4. The van der Waals surface area contributed by atoms with Gasteiger partial charge in [-0.15, -0.1) is 0 Å². The summed E-state index contributed by atoms with van der Waals surface area (Å²) in [7, 11) is 1.71. The predicted molar refractivity (Wildman–Crippen MR) is 124 cm³/mol. The van der Waals surface area contributed by atoms with Gasteiger partial charge in [0.25, 0.3) is 0 Å². The van der Waals surface area contributed by atoms with Gasteiger partial charge in [-0.1, -0.05) is 29.8 Å². The number of aryl methyl sites for hydroxylation is 1. The van der Waals surface area contributed by atoms with E-state index in [1.54, 1.807) is 7.11 Å². The maximum absolute atomic E-state index is 6.11. The summed E-state index contributed by atoms with van der Waals surface area (Å²) in [5.41, 5.74) is 8.95. The lowest BCUT2D eigenvalue weighted by atomic mass is 10.2. The molecule has 0 radical (unpaired) electrons. The molecule has 4 rings (SSSR count). The highest BCUT2D eigenvalue weighted by molar-refractivity contribution is 6.30. The van der Waals surface area contributed by atoms with Crippen molar-refractivity contribution in [2.75, 3.05) is 49.2 Å². The summed E-state index contributed by atoms with van der Waals surface area (Å²) in [6.45, 7) is 6.17. The minimum Gasteiger partial charge on any atom is -0.495 e. The first-order chi connectivity index (χ1) is 15.0. The summed E-state index contributed by atoms with van der Waals surface area (Å²) >= 11 is 6.11. The molecule has 0 bridgehead atoms. The van der Waals surface area contributed by atoms with Crippen LogP contribution in [0.2, 0.25) is 5.02 Å². The normalized spacial score (nSPS) is 14.5. The minimum atomic E-state index is 0.194. The minimum absolute atomic E-state index is 0.194. The van der Waals surface area contributed by atoms with Gasteiger partial charge in [-0.2, -0.15) is 15.0 Å². The molecule has 1 fully saturated rings. The Morgan fingerprint density at radius 3 is 2.61 bits per heavy atom. The van der Waals surface area contributed by atoms with Gasteiger partial charge in [0.15, 0.2) is 0 Å². The van der Waals surface area contributed by atoms with Gasteiger partial charge >= 0.3 is 0 Å². The van der Waals surface area contributed by atoms with E-state index >= 15 is 0 Å². The van der Waals surface area contributed by atoms with Gasteiger partial charge in [0.05, 0.1) is 19.3 Å². The number of para-hydroxylation sites is 2. The molecule has 0 unspecified atom stereocenters. The third-order valence-corrected chi connectivity index (χ3v) is 5.54. The standard InChI is InChI=1S/C22H26ClN7O/c1-15-7-8-16(23)13-17(15)25-22-27-20(26-21(24)28-22)14-29-9-11-30(12-10-29)18-5-3-4-6-19(18)31-2/h3-8,13H,9-12,14H2,1-2H3,(H3,24,25,26,27,28). The predicted octanol–water partition coefficient (Wildman–Crippen LogP) is 3.49. The molecule has 2 aromatic carbocycles. The van der Waals surface area contributed by atoms with Crippen LogP contribution in [0.15, 0.2) is 42.5 Å². The van der Waals surface area contributed by atoms with Gasteiger partial charge in [-0.25, -0.2) is 0 Å². The zero-order chi connectivity index (χ0) is 21.8. The van der Waals surface area contributed by atoms with Gasteiger partial charge in [-0.3, -0.25) is 4.90 Å². The lowest BCUT2D eigenvalue weighted by Crippen LogP contribution is -2.46. The molecule has 9 heteroatoms. The van der Waals surface area contributed by atoms with Crippen LogP contribution in [0, 0.1) is 6.92 Å². The van der Waals surface area contributed by atoms with E-state index in [-0.39, 0.29) is 5.95 Å². The highest BCUT2D eigenvalue weighted by atomic mass is 35.5. The second-order valence-electron chi connectivity index (χ2n) is 7.45. The quantitative estimate of drug-likeness (QED) is 0.603. The van der Waals surface area contributed by atoms with Crippen LogP contribution in [0.25, 0.3) is 0 Å². The molecule has 0 amide bonds. The Hall–Kier alpha value is -3.10. The number of methoxy groups -OCH3 is 1. The summed E-state index contributed by atoms with van der Waals surface area (Å²) in [6.07, 6.45) is 0. The Balaban J connectivity index is 1.41. The lowest BCUT2D eigenvalue weighted by Gasteiger charge is -2.36. The van der Waals surface area contributed by atoms with Gasteiger partial charge < -0.3 is 20.7 Å². The van der Waals surface area contributed by atoms with E-state index in [0.717, 1.165) is 48.9 Å². The average molecular weight is 440 g/mol. The summed E-state index contributed by atoms with van der Waals surface area (Å²) in [5.74, 6) is 2.15. The molecule has 3 N–H and O–H groups in total. The van der Waals surface area contributed by atoms with Crippen molar-refractivity contribution < 1.29 is 4.74 Å². The summed E-state index contributed by atoms with van der Waals surface area (Å²) in [5, 5.41) is 3.85. The molecule has 1 aliphatic rings. The van der Waals surface area contributed by atoms with Crippen molar-refractivity contribution in [2.45, 2.75) is 13.5 Å². The summed E-state index contributed by atoms with van der Waals surface area (Å²) in [4.78, 5) is 17.8. The molecule has 1 aromatic heterocycles. The first kappa shape index (κ1) is 21.1. The molecule has 31 heavy (non-hydrogen) atoms. The lowest BCUT2D eigenvalue weighted by molar-refractivity contribution is 0.243. The molecule has 0 atom stereocenters. The van der Waals surface area contributed by atoms with Gasteiger partial charge in [0.2, 0.25) is 11.9 Å². The number of hydrogen-bond acceptors (Lipinski definition) is 8. The van der Waals surface area contributed by atoms with E-state index in [1.165, 1.54) is 0 Å². The number of nitrogen functional groups attached to an aromatic ring is 1. The van der Waals surface area contributed by atoms with Crippen molar-refractivity contribution >= 4 is 34.9 Å². The smallest absolute Gasteiger partial charge is 0.232 e. The van der Waals surface area contributed by atoms with Crippen molar-refractivity contribution in [2.24, 2.45) is 0 Å². The van der Waals surface area contributed by atoms with Crippen LogP contribution in [-0.2, 0) is 6.54 Å². The second kappa shape index (κ2) is 9.36. The second-order valence-corrected chi connectivity index (χ2v) is 7.89. The number of nitrogens with zero attached hydrogens (tertiary/aromatic N) is 5. The number of benzene rings is 2. The molecule has 0 aliphatic carbocycles. The van der Waals surface area contributed by atoms with E-state index in [4.69, 9.17) is 22.1 Å². The molecule has 8 nitrogen and oxygen atoms in total. The Morgan fingerprint density at radius 1 is 1.06 bits per heavy atom. The van der Waals surface area contributed by atoms with Gasteiger partial charge in [0, 0.05) is 36.9 Å². The molecule has 2 heterocycles. The molecule has 162 valence electrons. The fraction of sp³-hybridized carbons (Fsp3) is 0.318. The van der Waals surface area contributed by atoms with Crippen LogP contribution in [-0.4, -0.2) is 53.1 Å². The maximum atomic E-state index is 6.11. The maximum Gasteiger partial charge on any atom is 0.232 e. The number of nitrogens with one attached hydrogen (secondary N) is 1. The van der Waals surface area contributed by atoms with E-state index < -0.39 is 0 Å². The Kier molecular flexibility index (Phi) is 6.39. The number of nitrogens with two attached hydrogens (primary N) is 1. The monoisotopic (exact) mass is 439 g/mol. The van der Waals surface area contributed by atoms with Crippen LogP contribution in [0.1, 0.15) is 11.4 Å².